The maximum atomic E-state index is 5.81. The van der Waals surface area contributed by atoms with Crippen molar-refractivity contribution in [2.75, 3.05) is 13.7 Å². The molecule has 0 spiro atoms. The van der Waals surface area contributed by atoms with Gasteiger partial charge in [0.05, 0.1) is 14.7 Å². The molecule has 0 amide bonds. The highest BCUT2D eigenvalue weighted by atomic mass is 28.3. The van der Waals surface area contributed by atoms with E-state index in [4.69, 9.17) is 9.47 Å². The van der Waals surface area contributed by atoms with Gasteiger partial charge in [-0.2, -0.15) is 0 Å². The van der Waals surface area contributed by atoms with Crippen molar-refractivity contribution in [3.8, 4) is 0 Å². The van der Waals surface area contributed by atoms with Crippen molar-refractivity contribution in [1.82, 2.24) is 0 Å². The molecule has 0 fully saturated rings. The summed E-state index contributed by atoms with van der Waals surface area (Å²) in [7, 11) is 0.490. The largest absolute Gasteiger partial charge is 0.496 e. The van der Waals surface area contributed by atoms with Crippen LogP contribution in [0.5, 0.6) is 0 Å². The molecule has 16 heavy (non-hydrogen) atoms. The Labute approximate surface area is 101 Å². The van der Waals surface area contributed by atoms with Gasteiger partial charge in [-0.3, -0.25) is 0 Å². The van der Waals surface area contributed by atoms with Crippen LogP contribution in [-0.4, -0.2) is 27.5 Å². The van der Waals surface area contributed by atoms with E-state index in [0.717, 1.165) is 25.2 Å². The average Bonchev–Trinajstić information content (AvgIpc) is 2.37. The molecule has 2 nitrogen and oxygen atoms in total. The molecule has 0 aromatic carbocycles. The SMILES string of the molecule is CC[Si](CC)(CC)C(OC)C1=CCCCO1. The van der Waals surface area contributed by atoms with E-state index in [2.05, 4.69) is 26.8 Å². The Kier molecular flexibility index (Phi) is 5.56. The molecule has 1 atom stereocenters. The molecule has 0 saturated carbocycles. The van der Waals surface area contributed by atoms with Crippen LogP contribution in [-0.2, 0) is 9.47 Å². The van der Waals surface area contributed by atoms with Crippen molar-refractivity contribution in [2.45, 2.75) is 57.5 Å². The first-order valence-electron chi connectivity index (χ1n) is 6.59. The van der Waals surface area contributed by atoms with Crippen LogP contribution in [0.2, 0.25) is 18.1 Å². The van der Waals surface area contributed by atoms with Crippen molar-refractivity contribution in [1.29, 1.82) is 0 Å². The molecular formula is C13H26O2Si. The molecule has 1 aliphatic rings. The molecule has 0 aromatic heterocycles. The quantitative estimate of drug-likeness (QED) is 0.661. The van der Waals surface area contributed by atoms with Crippen molar-refractivity contribution in [2.24, 2.45) is 0 Å². The van der Waals surface area contributed by atoms with Gasteiger partial charge in [0.15, 0.2) is 0 Å². The third kappa shape index (κ3) is 2.69. The van der Waals surface area contributed by atoms with Gasteiger partial charge in [0.2, 0.25) is 0 Å². The van der Waals surface area contributed by atoms with Crippen LogP contribution in [0.25, 0.3) is 0 Å². The molecule has 1 heterocycles. The van der Waals surface area contributed by atoms with E-state index in [0.29, 0.717) is 0 Å². The van der Waals surface area contributed by atoms with E-state index < -0.39 is 8.07 Å². The van der Waals surface area contributed by atoms with Gasteiger partial charge in [0.25, 0.3) is 0 Å². The normalized spacial score (nSPS) is 18.9. The smallest absolute Gasteiger partial charge is 0.117 e. The molecule has 0 radical (unpaired) electrons. The maximum absolute atomic E-state index is 5.81. The summed E-state index contributed by atoms with van der Waals surface area (Å²) in [5.41, 5.74) is 0.271. The van der Waals surface area contributed by atoms with Gasteiger partial charge < -0.3 is 9.47 Å². The summed E-state index contributed by atoms with van der Waals surface area (Å²) in [5.74, 6) is 1.13. The minimum atomic E-state index is -1.35. The molecule has 0 aliphatic carbocycles. The minimum absolute atomic E-state index is 0.271. The van der Waals surface area contributed by atoms with Crippen molar-refractivity contribution in [3.05, 3.63) is 11.8 Å². The number of allylic oxidation sites excluding steroid dienone is 1. The first-order valence-corrected chi connectivity index (χ1v) is 9.29. The van der Waals surface area contributed by atoms with Gasteiger partial charge in [0, 0.05) is 7.11 Å². The van der Waals surface area contributed by atoms with Gasteiger partial charge in [-0.15, -0.1) is 0 Å². The van der Waals surface area contributed by atoms with Crippen LogP contribution in [0, 0.1) is 0 Å². The Hall–Kier alpha value is -0.283. The fraction of sp³-hybridized carbons (Fsp3) is 0.846. The minimum Gasteiger partial charge on any atom is -0.496 e. The van der Waals surface area contributed by atoms with E-state index in [1.54, 1.807) is 0 Å². The van der Waals surface area contributed by atoms with Crippen LogP contribution in [0.15, 0.2) is 11.8 Å². The first-order chi connectivity index (χ1) is 7.74. The van der Waals surface area contributed by atoms with Gasteiger partial charge in [-0.25, -0.2) is 0 Å². The summed E-state index contributed by atoms with van der Waals surface area (Å²) >= 11 is 0. The maximum Gasteiger partial charge on any atom is 0.117 e. The summed E-state index contributed by atoms with van der Waals surface area (Å²) < 4.78 is 11.6. The molecule has 94 valence electrons. The fourth-order valence-corrected chi connectivity index (χ4v) is 6.65. The molecule has 3 heteroatoms. The highest BCUT2D eigenvalue weighted by Crippen LogP contribution is 2.32. The topological polar surface area (TPSA) is 18.5 Å². The average molecular weight is 242 g/mol. The van der Waals surface area contributed by atoms with Crippen molar-refractivity contribution in [3.63, 3.8) is 0 Å². The molecule has 0 N–H and O–H groups in total. The molecule has 0 aromatic rings. The number of ether oxygens (including phenoxy) is 2. The lowest BCUT2D eigenvalue weighted by atomic mass is 10.2. The summed E-state index contributed by atoms with van der Waals surface area (Å²) in [6.07, 6.45) is 4.55. The predicted octanol–water partition coefficient (Wildman–Crippen LogP) is 3.74. The van der Waals surface area contributed by atoms with Crippen molar-refractivity contribution >= 4 is 8.07 Å². The Morgan fingerprint density at radius 2 is 1.94 bits per heavy atom. The zero-order chi connectivity index (χ0) is 12.0. The number of hydrogen-bond acceptors (Lipinski definition) is 2. The molecule has 0 saturated heterocycles. The molecule has 0 bridgehead atoms. The lowest BCUT2D eigenvalue weighted by Gasteiger charge is -2.37. The van der Waals surface area contributed by atoms with Crippen molar-refractivity contribution < 1.29 is 9.47 Å². The van der Waals surface area contributed by atoms with Crippen LogP contribution in [0.3, 0.4) is 0 Å². The predicted molar refractivity (Wildman–Crippen MR) is 71.3 cm³/mol. The third-order valence-electron chi connectivity index (χ3n) is 4.13. The van der Waals surface area contributed by atoms with Gasteiger partial charge >= 0.3 is 0 Å². The second-order valence-electron chi connectivity index (χ2n) is 4.64. The summed E-state index contributed by atoms with van der Waals surface area (Å²) in [4.78, 5) is 0. The summed E-state index contributed by atoms with van der Waals surface area (Å²) in [6, 6.07) is 3.83. The second kappa shape index (κ2) is 6.45. The molecule has 1 aliphatic heterocycles. The highest BCUT2D eigenvalue weighted by molar-refractivity contribution is 6.81. The van der Waals surface area contributed by atoms with Gasteiger partial charge in [-0.1, -0.05) is 38.9 Å². The standard InChI is InChI=1S/C13H26O2Si/c1-5-16(6-2,7-3)13(14-4)12-10-8-9-11-15-12/h10,13H,5-9,11H2,1-4H3. The lowest BCUT2D eigenvalue weighted by molar-refractivity contribution is 0.0917. The molecule has 1 unspecified atom stereocenters. The van der Waals surface area contributed by atoms with Crippen LogP contribution in [0.1, 0.15) is 33.6 Å². The van der Waals surface area contributed by atoms with E-state index in [9.17, 15) is 0 Å². The van der Waals surface area contributed by atoms with E-state index in [1.807, 2.05) is 7.11 Å². The molecule has 1 rings (SSSR count). The first kappa shape index (κ1) is 13.8. The zero-order valence-corrected chi connectivity index (χ0v) is 12.2. The summed E-state index contributed by atoms with van der Waals surface area (Å²) in [6.45, 7) is 7.81. The highest BCUT2D eigenvalue weighted by Gasteiger charge is 2.40. The number of rotatable bonds is 6. The van der Waals surface area contributed by atoms with Gasteiger partial charge in [0.1, 0.15) is 11.5 Å². The van der Waals surface area contributed by atoms with Crippen LogP contribution < -0.4 is 0 Å². The van der Waals surface area contributed by atoms with E-state index >= 15 is 0 Å². The Balaban J connectivity index is 2.89. The monoisotopic (exact) mass is 242 g/mol. The van der Waals surface area contributed by atoms with Gasteiger partial charge in [-0.05, 0) is 18.9 Å². The molecular weight excluding hydrogens is 216 g/mol. The van der Waals surface area contributed by atoms with E-state index in [-0.39, 0.29) is 5.73 Å². The van der Waals surface area contributed by atoms with E-state index in [1.165, 1.54) is 18.1 Å². The number of methoxy groups -OCH3 is 1. The Bertz CT molecular complexity index is 226. The third-order valence-corrected chi connectivity index (χ3v) is 9.98. The van der Waals surface area contributed by atoms with Crippen LogP contribution >= 0.6 is 0 Å². The second-order valence-corrected chi connectivity index (χ2v) is 10.0. The zero-order valence-electron chi connectivity index (χ0n) is 11.2. The Morgan fingerprint density at radius 1 is 1.31 bits per heavy atom. The number of hydrogen-bond donors (Lipinski definition) is 0. The van der Waals surface area contributed by atoms with Crippen LogP contribution in [0.4, 0.5) is 0 Å². The fourth-order valence-electron chi connectivity index (χ4n) is 2.73. The Morgan fingerprint density at radius 3 is 2.31 bits per heavy atom. The summed E-state index contributed by atoms with van der Waals surface area (Å²) in [5, 5.41) is 0. The lowest BCUT2D eigenvalue weighted by Crippen LogP contribution is -2.48.